The summed E-state index contributed by atoms with van der Waals surface area (Å²) >= 11 is 0. The number of hydrogen-bond acceptors (Lipinski definition) is 4. The molecule has 92 valence electrons. The molecule has 0 atom stereocenters. The Balaban J connectivity index is 2.13. The highest BCUT2D eigenvalue weighted by Gasteiger charge is 2.25. The van der Waals surface area contributed by atoms with Crippen LogP contribution in [0, 0.1) is 6.92 Å². The number of hydrogen-bond donors (Lipinski definition) is 1. The first-order chi connectivity index (χ1) is 8.10. The van der Waals surface area contributed by atoms with Gasteiger partial charge in [-0.2, -0.15) is 0 Å². The second-order valence-corrected chi connectivity index (χ2v) is 4.19. The first-order valence-corrected chi connectivity index (χ1v) is 5.62. The Hall–Kier alpha value is -1.85. The minimum atomic E-state index is 0.0427. The minimum absolute atomic E-state index is 0.0427. The van der Waals surface area contributed by atoms with E-state index in [0.717, 1.165) is 24.6 Å². The van der Waals surface area contributed by atoms with Gasteiger partial charge in [0.25, 0.3) is 0 Å². The van der Waals surface area contributed by atoms with Gasteiger partial charge in [0.1, 0.15) is 11.6 Å². The van der Waals surface area contributed by atoms with Crippen LogP contribution >= 0.6 is 0 Å². The maximum absolute atomic E-state index is 11.7. The fourth-order valence-electron chi connectivity index (χ4n) is 1.85. The quantitative estimate of drug-likeness (QED) is 0.837. The van der Waals surface area contributed by atoms with E-state index in [-0.39, 0.29) is 6.03 Å². The molecule has 1 aromatic rings. The van der Waals surface area contributed by atoms with Crippen LogP contribution in [0.25, 0.3) is 0 Å². The summed E-state index contributed by atoms with van der Waals surface area (Å²) in [5.74, 6) is 1.46. The number of urea groups is 1. The summed E-state index contributed by atoms with van der Waals surface area (Å²) in [5, 5.41) is 2.99. The van der Waals surface area contributed by atoms with E-state index in [4.69, 9.17) is 0 Å². The topological polar surface area (TPSA) is 61.4 Å². The van der Waals surface area contributed by atoms with Crippen LogP contribution in [0.1, 0.15) is 11.5 Å². The summed E-state index contributed by atoms with van der Waals surface area (Å²) < 4.78 is 0. The number of likely N-dealkylation sites (N-methyl/N-ethyl adjacent to an activating group) is 1. The molecule has 0 spiro atoms. The van der Waals surface area contributed by atoms with Gasteiger partial charge in [-0.05, 0) is 6.92 Å². The smallest absolute Gasteiger partial charge is 0.320 e. The molecule has 1 N–H and O–H groups in total. The summed E-state index contributed by atoms with van der Waals surface area (Å²) in [6, 6.07) is 1.92. The zero-order valence-electron chi connectivity index (χ0n) is 10.4. The lowest BCUT2D eigenvalue weighted by molar-refractivity contribution is 0.196. The van der Waals surface area contributed by atoms with E-state index in [0.29, 0.717) is 12.4 Å². The Bertz CT molecular complexity index is 434. The van der Waals surface area contributed by atoms with Crippen molar-refractivity contribution in [3.63, 3.8) is 0 Å². The lowest BCUT2D eigenvalue weighted by Crippen LogP contribution is -2.29. The number of rotatable bonds is 3. The van der Waals surface area contributed by atoms with Gasteiger partial charge in [0, 0.05) is 38.9 Å². The first kappa shape index (κ1) is 11.6. The van der Waals surface area contributed by atoms with Crippen LogP contribution in [0.5, 0.6) is 0 Å². The van der Waals surface area contributed by atoms with E-state index in [1.165, 1.54) is 0 Å². The highest BCUT2D eigenvalue weighted by Crippen LogP contribution is 2.11. The van der Waals surface area contributed by atoms with E-state index in [1.54, 1.807) is 16.8 Å². The molecule has 1 aliphatic heterocycles. The molecule has 6 nitrogen and oxygen atoms in total. The van der Waals surface area contributed by atoms with E-state index in [2.05, 4.69) is 15.3 Å². The van der Waals surface area contributed by atoms with Crippen molar-refractivity contribution in [2.75, 3.05) is 32.5 Å². The third kappa shape index (κ3) is 2.46. The molecule has 0 aromatic carbocycles. The van der Waals surface area contributed by atoms with Crippen LogP contribution in [0.15, 0.2) is 6.07 Å². The molecule has 1 saturated heterocycles. The molecule has 0 bridgehead atoms. The number of aryl methyl sites for hydroxylation is 1. The molecule has 1 aliphatic rings. The van der Waals surface area contributed by atoms with Crippen LogP contribution in [0.4, 0.5) is 10.6 Å². The lowest BCUT2D eigenvalue weighted by atomic mass is 10.4. The summed E-state index contributed by atoms with van der Waals surface area (Å²) in [4.78, 5) is 23.9. The number of nitrogens with zero attached hydrogens (tertiary/aromatic N) is 4. The SMILES string of the molecule is CNc1cc(C)nc(CN2CCN(C)C2=O)n1. The van der Waals surface area contributed by atoms with Crippen LogP contribution in [0.2, 0.25) is 0 Å². The molecule has 6 heteroatoms. The molecule has 1 fully saturated rings. The summed E-state index contributed by atoms with van der Waals surface area (Å²) in [6.45, 7) is 3.90. The van der Waals surface area contributed by atoms with Gasteiger partial charge in [-0.3, -0.25) is 0 Å². The predicted molar refractivity (Wildman–Crippen MR) is 64.8 cm³/mol. The monoisotopic (exact) mass is 235 g/mol. The van der Waals surface area contributed by atoms with Crippen molar-refractivity contribution in [1.82, 2.24) is 19.8 Å². The minimum Gasteiger partial charge on any atom is -0.373 e. The predicted octanol–water partition coefficient (Wildman–Crippen LogP) is 0.694. The maximum Gasteiger partial charge on any atom is 0.320 e. The molecule has 2 heterocycles. The molecule has 1 aromatic heterocycles. The fourth-order valence-corrected chi connectivity index (χ4v) is 1.85. The Labute approximate surface area is 101 Å². The molecule has 0 aliphatic carbocycles. The lowest BCUT2D eigenvalue weighted by Gasteiger charge is -2.15. The number of carbonyl (C=O) groups excluding carboxylic acids is 1. The maximum atomic E-state index is 11.7. The molecule has 2 amide bonds. The molecule has 2 rings (SSSR count). The Morgan fingerprint density at radius 1 is 1.41 bits per heavy atom. The van der Waals surface area contributed by atoms with E-state index >= 15 is 0 Å². The third-order valence-electron chi connectivity index (χ3n) is 2.79. The zero-order chi connectivity index (χ0) is 12.4. The first-order valence-electron chi connectivity index (χ1n) is 5.62. The summed E-state index contributed by atoms with van der Waals surface area (Å²) in [6.07, 6.45) is 0. The largest absolute Gasteiger partial charge is 0.373 e. The average Bonchev–Trinajstić information content (AvgIpc) is 2.60. The van der Waals surface area contributed by atoms with E-state index < -0.39 is 0 Å². The van der Waals surface area contributed by atoms with Crippen molar-refractivity contribution in [2.24, 2.45) is 0 Å². The highest BCUT2D eigenvalue weighted by molar-refractivity contribution is 5.76. The van der Waals surface area contributed by atoms with Gasteiger partial charge < -0.3 is 15.1 Å². The van der Waals surface area contributed by atoms with Gasteiger partial charge in [0.05, 0.1) is 6.54 Å². The molecule has 0 unspecified atom stereocenters. The van der Waals surface area contributed by atoms with Crippen molar-refractivity contribution in [1.29, 1.82) is 0 Å². The molecule has 0 saturated carbocycles. The standard InChI is InChI=1S/C11H17N5O/c1-8-6-9(12-2)14-10(13-8)7-16-5-4-15(3)11(16)17/h6H,4-5,7H2,1-3H3,(H,12,13,14). The Morgan fingerprint density at radius 3 is 2.76 bits per heavy atom. The van der Waals surface area contributed by atoms with Gasteiger partial charge in [0.2, 0.25) is 0 Å². The number of anilines is 1. The van der Waals surface area contributed by atoms with Gasteiger partial charge in [-0.25, -0.2) is 14.8 Å². The van der Waals surface area contributed by atoms with Crippen molar-refractivity contribution >= 4 is 11.8 Å². The van der Waals surface area contributed by atoms with E-state index in [9.17, 15) is 4.79 Å². The van der Waals surface area contributed by atoms with Crippen LogP contribution in [-0.4, -0.2) is 53.0 Å². The van der Waals surface area contributed by atoms with Crippen LogP contribution in [0.3, 0.4) is 0 Å². The fraction of sp³-hybridized carbons (Fsp3) is 0.545. The zero-order valence-corrected chi connectivity index (χ0v) is 10.4. The molecular weight excluding hydrogens is 218 g/mol. The number of carbonyl (C=O) groups is 1. The second-order valence-electron chi connectivity index (χ2n) is 4.19. The van der Waals surface area contributed by atoms with Crippen LogP contribution in [-0.2, 0) is 6.54 Å². The molecule has 0 radical (unpaired) electrons. The summed E-state index contributed by atoms with van der Waals surface area (Å²) in [7, 11) is 3.62. The normalized spacial score (nSPS) is 15.6. The highest BCUT2D eigenvalue weighted by atomic mass is 16.2. The van der Waals surface area contributed by atoms with Gasteiger partial charge in [-0.1, -0.05) is 0 Å². The average molecular weight is 235 g/mol. The molecular formula is C11H17N5O. The van der Waals surface area contributed by atoms with Crippen LogP contribution < -0.4 is 5.32 Å². The van der Waals surface area contributed by atoms with Crippen molar-refractivity contribution in [3.05, 3.63) is 17.6 Å². The van der Waals surface area contributed by atoms with Crippen molar-refractivity contribution < 1.29 is 4.79 Å². The molecule has 17 heavy (non-hydrogen) atoms. The van der Waals surface area contributed by atoms with Gasteiger partial charge in [0.15, 0.2) is 0 Å². The number of aromatic nitrogens is 2. The summed E-state index contributed by atoms with van der Waals surface area (Å²) in [5.41, 5.74) is 0.902. The number of amides is 2. The Kier molecular flexibility index (Phi) is 3.12. The van der Waals surface area contributed by atoms with E-state index in [1.807, 2.05) is 20.0 Å². The Morgan fingerprint density at radius 2 is 2.18 bits per heavy atom. The van der Waals surface area contributed by atoms with Crippen molar-refractivity contribution in [2.45, 2.75) is 13.5 Å². The number of nitrogens with one attached hydrogen (secondary N) is 1. The third-order valence-corrected chi connectivity index (χ3v) is 2.79. The van der Waals surface area contributed by atoms with Crippen molar-refractivity contribution in [3.8, 4) is 0 Å². The second kappa shape index (κ2) is 4.57. The van der Waals surface area contributed by atoms with Gasteiger partial charge >= 0.3 is 6.03 Å². The van der Waals surface area contributed by atoms with Gasteiger partial charge in [-0.15, -0.1) is 0 Å².